The molecule has 0 radical (unpaired) electrons. The van der Waals surface area contributed by atoms with Crippen LogP contribution in [0.3, 0.4) is 0 Å². The second-order valence-corrected chi connectivity index (χ2v) is 6.87. The second-order valence-electron chi connectivity index (χ2n) is 5.30. The third-order valence-electron chi connectivity index (χ3n) is 3.35. The number of amides is 1. The molecule has 0 atom stereocenters. The molecule has 1 aromatic carbocycles. The van der Waals surface area contributed by atoms with Gasteiger partial charge >= 0.3 is 0 Å². The molecule has 8 heteroatoms. The first-order valence-electron chi connectivity index (χ1n) is 5.92. The number of nitrogens with one attached hydrogen (secondary N) is 1. The van der Waals surface area contributed by atoms with Crippen LogP contribution in [0.4, 0.5) is 8.78 Å². The molecule has 2 rings (SSSR count). The van der Waals surface area contributed by atoms with Crippen molar-refractivity contribution in [2.45, 2.75) is 24.7 Å². The Balaban J connectivity index is 2.30. The monoisotopic (exact) mass is 304 g/mol. The molecule has 0 aromatic heterocycles. The number of carbonyl (C=O) groups is 1. The molecule has 0 unspecified atom stereocenters. The van der Waals surface area contributed by atoms with E-state index in [1.165, 1.54) is 0 Å². The molecule has 0 saturated heterocycles. The average molecular weight is 304 g/mol. The van der Waals surface area contributed by atoms with Crippen LogP contribution >= 0.6 is 0 Å². The van der Waals surface area contributed by atoms with Crippen molar-refractivity contribution in [3.8, 4) is 0 Å². The fourth-order valence-electron chi connectivity index (χ4n) is 1.67. The summed E-state index contributed by atoms with van der Waals surface area (Å²) in [4.78, 5) is 11.2. The van der Waals surface area contributed by atoms with E-state index in [0.717, 1.165) is 18.9 Å². The zero-order valence-electron chi connectivity index (χ0n) is 10.7. The van der Waals surface area contributed by atoms with E-state index in [2.05, 4.69) is 5.32 Å². The van der Waals surface area contributed by atoms with Crippen molar-refractivity contribution in [3.63, 3.8) is 0 Å². The number of carbonyl (C=O) groups excluding carboxylic acids is 1. The van der Waals surface area contributed by atoms with Gasteiger partial charge in [0.05, 0.1) is 10.5 Å². The van der Waals surface area contributed by atoms with Gasteiger partial charge in [0.25, 0.3) is 5.91 Å². The number of sulfonamides is 1. The minimum atomic E-state index is -4.22. The highest BCUT2D eigenvalue weighted by atomic mass is 32.2. The summed E-state index contributed by atoms with van der Waals surface area (Å²) >= 11 is 0. The highest BCUT2D eigenvalue weighted by Gasteiger charge is 2.37. The molecular formula is C12H14F2N2O3S. The summed E-state index contributed by atoms with van der Waals surface area (Å²) in [7, 11) is -4.22. The summed E-state index contributed by atoms with van der Waals surface area (Å²) < 4.78 is 49.2. The third-order valence-corrected chi connectivity index (χ3v) is 4.25. The molecular weight excluding hydrogens is 290 g/mol. The smallest absolute Gasteiger partial charge is 0.254 e. The molecule has 3 N–H and O–H groups in total. The van der Waals surface area contributed by atoms with Crippen molar-refractivity contribution in [1.82, 2.24) is 5.32 Å². The maximum Gasteiger partial charge on any atom is 0.254 e. The molecule has 0 spiro atoms. The van der Waals surface area contributed by atoms with Crippen LogP contribution < -0.4 is 10.5 Å². The van der Waals surface area contributed by atoms with E-state index in [0.29, 0.717) is 12.6 Å². The number of halogens is 2. The maximum absolute atomic E-state index is 13.6. The van der Waals surface area contributed by atoms with Crippen molar-refractivity contribution in [3.05, 3.63) is 29.3 Å². The molecule has 110 valence electrons. The van der Waals surface area contributed by atoms with Gasteiger partial charge in [-0.1, -0.05) is 6.92 Å². The van der Waals surface area contributed by atoms with E-state index in [4.69, 9.17) is 5.14 Å². The predicted octanol–water partition coefficient (Wildman–Crippen LogP) is 1.14. The van der Waals surface area contributed by atoms with Crippen LogP contribution in [-0.4, -0.2) is 20.9 Å². The van der Waals surface area contributed by atoms with E-state index in [9.17, 15) is 22.0 Å². The molecule has 20 heavy (non-hydrogen) atoms. The Labute approximate surface area is 115 Å². The van der Waals surface area contributed by atoms with Crippen molar-refractivity contribution in [1.29, 1.82) is 0 Å². The molecule has 0 aliphatic heterocycles. The van der Waals surface area contributed by atoms with Gasteiger partial charge in [-0.05, 0) is 30.4 Å². The second kappa shape index (κ2) is 4.78. The average Bonchev–Trinajstić information content (AvgIpc) is 3.07. The highest BCUT2D eigenvalue weighted by molar-refractivity contribution is 7.89. The normalized spacial score (nSPS) is 16.8. The zero-order chi connectivity index (χ0) is 15.1. The van der Waals surface area contributed by atoms with E-state index in [-0.39, 0.29) is 5.41 Å². The van der Waals surface area contributed by atoms with Gasteiger partial charge in [0.1, 0.15) is 0 Å². The molecule has 1 aliphatic rings. The van der Waals surface area contributed by atoms with Gasteiger partial charge in [-0.15, -0.1) is 0 Å². The molecule has 1 fully saturated rings. The fraction of sp³-hybridized carbons (Fsp3) is 0.417. The lowest BCUT2D eigenvalue weighted by atomic mass is 10.1. The highest BCUT2D eigenvalue weighted by Crippen LogP contribution is 2.44. The Kier molecular flexibility index (Phi) is 3.55. The summed E-state index contributed by atoms with van der Waals surface area (Å²) in [6, 6.07) is 1.18. The molecule has 0 heterocycles. The van der Waals surface area contributed by atoms with E-state index in [1.807, 2.05) is 6.92 Å². The van der Waals surface area contributed by atoms with Crippen LogP contribution in [-0.2, 0) is 10.0 Å². The lowest BCUT2D eigenvalue weighted by molar-refractivity contribution is 0.0940. The maximum atomic E-state index is 13.6. The number of primary sulfonamides is 1. The molecule has 1 aromatic rings. The van der Waals surface area contributed by atoms with Crippen molar-refractivity contribution in [2.75, 3.05) is 6.54 Å². The van der Waals surface area contributed by atoms with E-state index >= 15 is 0 Å². The van der Waals surface area contributed by atoms with Crippen LogP contribution in [0.2, 0.25) is 0 Å². The molecule has 1 aliphatic carbocycles. The number of nitrogens with two attached hydrogens (primary N) is 1. The third kappa shape index (κ3) is 3.13. The first-order chi connectivity index (χ1) is 9.12. The molecule has 5 nitrogen and oxygen atoms in total. The Morgan fingerprint density at radius 3 is 2.50 bits per heavy atom. The van der Waals surface area contributed by atoms with Gasteiger partial charge in [0.2, 0.25) is 10.0 Å². The first-order valence-corrected chi connectivity index (χ1v) is 7.47. The number of hydrogen-bond acceptors (Lipinski definition) is 3. The SMILES string of the molecule is CC1(CNC(=O)c2cc(S(N)(=O)=O)cc(F)c2F)CC1. The van der Waals surface area contributed by atoms with Crippen LogP contribution in [0.1, 0.15) is 30.1 Å². The van der Waals surface area contributed by atoms with Crippen LogP contribution in [0.15, 0.2) is 17.0 Å². The van der Waals surface area contributed by atoms with E-state index in [1.54, 1.807) is 0 Å². The van der Waals surface area contributed by atoms with E-state index < -0.39 is 38.0 Å². The standard InChI is InChI=1S/C12H14F2N2O3S/c1-12(2-3-12)6-16-11(17)8-4-7(20(15,18)19)5-9(13)10(8)14/h4-5H,2-3,6H2,1H3,(H,16,17)(H2,15,18,19). The number of hydrogen-bond donors (Lipinski definition) is 2. The lowest BCUT2D eigenvalue weighted by Crippen LogP contribution is -2.30. The van der Waals surface area contributed by atoms with Crippen LogP contribution in [0.25, 0.3) is 0 Å². The largest absolute Gasteiger partial charge is 0.351 e. The first kappa shape index (κ1) is 14.9. The Hall–Kier alpha value is -1.54. The Morgan fingerprint density at radius 2 is 2.00 bits per heavy atom. The van der Waals surface area contributed by atoms with Crippen LogP contribution in [0.5, 0.6) is 0 Å². The summed E-state index contributed by atoms with van der Waals surface area (Å²) in [6.07, 6.45) is 1.89. The zero-order valence-corrected chi connectivity index (χ0v) is 11.6. The van der Waals surface area contributed by atoms with Crippen molar-refractivity contribution < 1.29 is 22.0 Å². The van der Waals surface area contributed by atoms with Crippen molar-refractivity contribution in [2.24, 2.45) is 10.6 Å². The Morgan fingerprint density at radius 1 is 1.40 bits per heavy atom. The van der Waals surface area contributed by atoms with Gasteiger partial charge < -0.3 is 5.32 Å². The predicted molar refractivity (Wildman–Crippen MR) is 67.4 cm³/mol. The summed E-state index contributed by atoms with van der Waals surface area (Å²) in [5, 5.41) is 7.32. The molecule has 1 saturated carbocycles. The molecule has 1 amide bonds. The minimum Gasteiger partial charge on any atom is -0.351 e. The fourth-order valence-corrected chi connectivity index (χ4v) is 2.22. The van der Waals surface area contributed by atoms with Crippen LogP contribution in [0, 0.1) is 17.0 Å². The van der Waals surface area contributed by atoms with Gasteiger partial charge in [0, 0.05) is 6.54 Å². The molecule has 0 bridgehead atoms. The van der Waals surface area contributed by atoms with Gasteiger partial charge in [-0.2, -0.15) is 0 Å². The lowest BCUT2D eigenvalue weighted by Gasteiger charge is -2.11. The Bertz CT molecular complexity index is 670. The number of rotatable bonds is 4. The van der Waals surface area contributed by atoms with Gasteiger partial charge in [0.15, 0.2) is 11.6 Å². The van der Waals surface area contributed by atoms with Gasteiger partial charge in [-0.25, -0.2) is 22.3 Å². The topological polar surface area (TPSA) is 89.3 Å². The quantitative estimate of drug-likeness (QED) is 0.874. The number of benzene rings is 1. The summed E-state index contributed by atoms with van der Waals surface area (Å²) in [5.74, 6) is -3.69. The van der Waals surface area contributed by atoms with Gasteiger partial charge in [-0.3, -0.25) is 4.79 Å². The summed E-state index contributed by atoms with van der Waals surface area (Å²) in [5.41, 5.74) is -0.680. The summed E-state index contributed by atoms with van der Waals surface area (Å²) in [6.45, 7) is 2.28. The van der Waals surface area contributed by atoms with Crippen molar-refractivity contribution >= 4 is 15.9 Å². The minimum absolute atomic E-state index is 0.0117.